The normalized spacial score (nSPS) is 28.1. The zero-order chi connectivity index (χ0) is 10.4. The second-order valence-electron chi connectivity index (χ2n) is 4.24. The van der Waals surface area contributed by atoms with Gasteiger partial charge in [-0.3, -0.25) is 0 Å². The van der Waals surface area contributed by atoms with Crippen LogP contribution in [0.3, 0.4) is 0 Å². The van der Waals surface area contributed by atoms with Gasteiger partial charge in [0.15, 0.2) is 0 Å². The molecule has 3 nitrogen and oxygen atoms in total. The van der Waals surface area contributed by atoms with E-state index in [1.807, 2.05) is 0 Å². The topological polar surface area (TPSA) is 44.3 Å². The molecule has 0 aromatic heterocycles. The summed E-state index contributed by atoms with van der Waals surface area (Å²) in [5.74, 6) is -0.0472. The van der Waals surface area contributed by atoms with Crippen molar-refractivity contribution in [1.82, 2.24) is 5.32 Å². The van der Waals surface area contributed by atoms with Gasteiger partial charge in [-0.25, -0.2) is 4.39 Å². The lowest BCUT2D eigenvalue weighted by Gasteiger charge is -2.26. The highest BCUT2D eigenvalue weighted by molar-refractivity contribution is 5.67. The number of piperidine rings is 1. The van der Waals surface area contributed by atoms with E-state index in [0.29, 0.717) is 6.04 Å². The Morgan fingerprint density at radius 2 is 2.27 bits per heavy atom. The van der Waals surface area contributed by atoms with Gasteiger partial charge in [-0.15, -0.1) is 0 Å². The van der Waals surface area contributed by atoms with Crippen LogP contribution in [0.25, 0.3) is 0 Å². The van der Waals surface area contributed by atoms with Crippen molar-refractivity contribution in [1.29, 1.82) is 0 Å². The van der Waals surface area contributed by atoms with Crippen LogP contribution >= 0.6 is 0 Å². The van der Waals surface area contributed by atoms with Crippen molar-refractivity contribution in [2.24, 2.45) is 0 Å². The Morgan fingerprint density at radius 3 is 3.13 bits per heavy atom. The number of aromatic hydroxyl groups is 1. The van der Waals surface area contributed by atoms with Crippen LogP contribution in [0.5, 0.6) is 5.75 Å². The summed E-state index contributed by atoms with van der Waals surface area (Å²) in [6.45, 7) is 1.83. The fourth-order valence-electron chi connectivity index (χ4n) is 2.61. The highest BCUT2D eigenvalue weighted by atomic mass is 19.1. The molecule has 2 atom stereocenters. The fourth-order valence-corrected chi connectivity index (χ4v) is 2.61. The molecule has 1 aromatic carbocycles. The first-order valence-electron chi connectivity index (χ1n) is 5.25. The Balaban J connectivity index is 2.08. The van der Waals surface area contributed by atoms with Crippen LogP contribution in [-0.2, 0) is 0 Å². The van der Waals surface area contributed by atoms with Gasteiger partial charge in [0.25, 0.3) is 0 Å². The molecule has 0 amide bonds. The molecule has 1 fully saturated rings. The average Bonchev–Trinajstić information content (AvgIpc) is 2.57. The number of anilines is 1. The van der Waals surface area contributed by atoms with Gasteiger partial charge >= 0.3 is 0 Å². The molecule has 15 heavy (non-hydrogen) atoms. The molecule has 0 spiro atoms. The third-order valence-corrected chi connectivity index (χ3v) is 3.32. The fraction of sp³-hybridized carbons (Fsp3) is 0.455. The third kappa shape index (κ3) is 1.28. The molecule has 0 saturated carbocycles. The van der Waals surface area contributed by atoms with Crippen LogP contribution in [-0.4, -0.2) is 24.2 Å². The number of hydrogen-bond acceptors (Lipinski definition) is 3. The third-order valence-electron chi connectivity index (χ3n) is 3.32. The molecule has 2 unspecified atom stereocenters. The molecule has 0 aliphatic carbocycles. The van der Waals surface area contributed by atoms with E-state index in [4.69, 9.17) is 0 Å². The van der Waals surface area contributed by atoms with Crippen molar-refractivity contribution < 1.29 is 9.50 Å². The van der Waals surface area contributed by atoms with E-state index in [0.717, 1.165) is 36.8 Å². The minimum atomic E-state index is -0.362. The van der Waals surface area contributed by atoms with Crippen molar-refractivity contribution in [2.75, 3.05) is 18.4 Å². The summed E-state index contributed by atoms with van der Waals surface area (Å²) in [6, 6.07) is 3.03. The van der Waals surface area contributed by atoms with E-state index in [9.17, 15) is 9.50 Å². The summed E-state index contributed by atoms with van der Waals surface area (Å²) in [5, 5.41) is 16.2. The molecule has 0 bridgehead atoms. The number of hydrogen-bond donors (Lipinski definition) is 3. The Hall–Kier alpha value is -1.29. The van der Waals surface area contributed by atoms with Gasteiger partial charge in [0.1, 0.15) is 11.6 Å². The second kappa shape index (κ2) is 3.10. The Morgan fingerprint density at radius 1 is 1.40 bits per heavy atom. The molecule has 2 aliphatic rings. The summed E-state index contributed by atoms with van der Waals surface area (Å²) in [7, 11) is 0. The molecule has 3 N–H and O–H groups in total. The highest BCUT2D eigenvalue weighted by Gasteiger charge is 2.35. The summed E-state index contributed by atoms with van der Waals surface area (Å²) in [4.78, 5) is 0. The van der Waals surface area contributed by atoms with Gasteiger partial charge in [0.05, 0.1) is 5.69 Å². The van der Waals surface area contributed by atoms with E-state index in [-0.39, 0.29) is 17.5 Å². The standard InChI is InChI=1S/C11H13FN2O/c12-6-3-7-8-5-13-2-1-9(8)14-11(7)10(15)4-6/h3-4,8-9,13-15H,1-2,5H2. The summed E-state index contributed by atoms with van der Waals surface area (Å²) in [5.41, 5.74) is 1.62. The zero-order valence-electron chi connectivity index (χ0n) is 8.26. The quantitative estimate of drug-likeness (QED) is 0.565. The Kier molecular flexibility index (Phi) is 1.85. The van der Waals surface area contributed by atoms with E-state index in [1.54, 1.807) is 0 Å². The molecule has 1 aromatic rings. The van der Waals surface area contributed by atoms with E-state index >= 15 is 0 Å². The smallest absolute Gasteiger partial charge is 0.141 e. The predicted octanol–water partition coefficient (Wildman–Crippen LogP) is 1.40. The molecular formula is C11H13FN2O. The van der Waals surface area contributed by atoms with Crippen LogP contribution in [0.4, 0.5) is 10.1 Å². The van der Waals surface area contributed by atoms with Gasteiger partial charge in [-0.2, -0.15) is 0 Å². The maximum atomic E-state index is 13.2. The SMILES string of the molecule is Oc1cc(F)cc2c1NC1CCNCC21. The van der Waals surface area contributed by atoms with Crippen LogP contribution in [0, 0.1) is 5.82 Å². The Bertz CT molecular complexity index is 408. The van der Waals surface area contributed by atoms with Gasteiger partial charge in [0, 0.05) is 24.6 Å². The summed E-state index contributed by atoms with van der Waals surface area (Å²) >= 11 is 0. The molecule has 2 heterocycles. The summed E-state index contributed by atoms with van der Waals surface area (Å²) in [6.07, 6.45) is 1.01. The number of phenolic OH excluding ortho intramolecular Hbond substituents is 1. The van der Waals surface area contributed by atoms with Gasteiger partial charge in [-0.1, -0.05) is 0 Å². The number of benzene rings is 1. The largest absolute Gasteiger partial charge is 0.506 e. The minimum Gasteiger partial charge on any atom is -0.506 e. The molecule has 0 radical (unpaired) electrons. The highest BCUT2D eigenvalue weighted by Crippen LogP contribution is 2.43. The molecular weight excluding hydrogens is 195 g/mol. The van der Waals surface area contributed by atoms with Gasteiger partial charge < -0.3 is 15.7 Å². The first-order chi connectivity index (χ1) is 7.25. The van der Waals surface area contributed by atoms with Crippen molar-refractivity contribution in [3.8, 4) is 5.75 Å². The van der Waals surface area contributed by atoms with E-state index in [1.165, 1.54) is 6.07 Å². The number of halogens is 1. The van der Waals surface area contributed by atoms with Crippen LogP contribution in [0.15, 0.2) is 12.1 Å². The Labute approximate surface area is 87.3 Å². The lowest BCUT2D eigenvalue weighted by Crippen LogP contribution is -2.38. The number of rotatable bonds is 0. The van der Waals surface area contributed by atoms with E-state index < -0.39 is 0 Å². The molecule has 4 heteroatoms. The molecule has 80 valence electrons. The minimum absolute atomic E-state index is 0.0272. The lowest BCUT2D eigenvalue weighted by molar-refractivity contribution is 0.439. The van der Waals surface area contributed by atoms with Gasteiger partial charge in [0.2, 0.25) is 0 Å². The van der Waals surface area contributed by atoms with Crippen LogP contribution in [0.2, 0.25) is 0 Å². The van der Waals surface area contributed by atoms with Crippen LogP contribution < -0.4 is 10.6 Å². The first-order valence-corrected chi connectivity index (χ1v) is 5.25. The number of fused-ring (bicyclic) bond motifs is 3. The molecule has 3 rings (SSSR count). The monoisotopic (exact) mass is 208 g/mol. The van der Waals surface area contributed by atoms with Crippen molar-refractivity contribution in [3.63, 3.8) is 0 Å². The lowest BCUT2D eigenvalue weighted by atomic mass is 9.90. The average molecular weight is 208 g/mol. The van der Waals surface area contributed by atoms with Crippen molar-refractivity contribution in [3.05, 3.63) is 23.5 Å². The van der Waals surface area contributed by atoms with Crippen LogP contribution in [0.1, 0.15) is 17.9 Å². The maximum absolute atomic E-state index is 13.2. The first kappa shape index (κ1) is 8.97. The predicted molar refractivity (Wildman–Crippen MR) is 55.7 cm³/mol. The zero-order valence-corrected chi connectivity index (χ0v) is 8.26. The second-order valence-corrected chi connectivity index (χ2v) is 4.24. The number of phenols is 1. The molecule has 1 saturated heterocycles. The van der Waals surface area contributed by atoms with Gasteiger partial charge in [-0.05, 0) is 24.6 Å². The van der Waals surface area contributed by atoms with E-state index in [2.05, 4.69) is 10.6 Å². The molecule has 2 aliphatic heterocycles. The van der Waals surface area contributed by atoms with Crippen molar-refractivity contribution in [2.45, 2.75) is 18.4 Å². The van der Waals surface area contributed by atoms with Crippen molar-refractivity contribution >= 4 is 5.69 Å². The maximum Gasteiger partial charge on any atom is 0.141 e. The number of nitrogens with one attached hydrogen (secondary N) is 2. The summed E-state index contributed by atoms with van der Waals surface area (Å²) < 4.78 is 13.2.